The van der Waals surface area contributed by atoms with Crippen LogP contribution < -0.4 is 5.56 Å². The molecule has 0 saturated carbocycles. The van der Waals surface area contributed by atoms with E-state index in [1.54, 1.807) is 24.3 Å². The van der Waals surface area contributed by atoms with Crippen molar-refractivity contribution in [3.05, 3.63) is 65.9 Å². The molecule has 0 amide bonds. The molecule has 1 aromatic heterocycles. The molecule has 132 valence electrons. The van der Waals surface area contributed by atoms with Gasteiger partial charge in [-0.2, -0.15) is 9.78 Å². The predicted molar refractivity (Wildman–Crippen MR) is 97.3 cm³/mol. The molecule has 2 rings (SSSR count). The van der Waals surface area contributed by atoms with Gasteiger partial charge in [-0.25, -0.2) is 4.79 Å². The minimum absolute atomic E-state index is 0.0587. The first-order chi connectivity index (χ1) is 11.7. The topological polar surface area (TPSA) is 89.3 Å². The van der Waals surface area contributed by atoms with Crippen LogP contribution in [-0.2, 0) is 9.59 Å². The third-order valence-electron chi connectivity index (χ3n) is 2.43. The van der Waals surface area contributed by atoms with Gasteiger partial charge in [0.05, 0.1) is 16.9 Å². The summed E-state index contributed by atoms with van der Waals surface area (Å²) in [6.45, 7) is 0. The number of carboxylic acid groups (broad SMARTS) is 1. The standard InChI is InChI=1S/C10H5Cl3N2O.C4H2Cl2O3/c11-6-2-1-3-7(4-6)15-10(16)9(13)8(12)5-14-15;5-2(1-7)3(6)4(8)9/h1-5H;1H,(H,8,9)/b;3-2-. The van der Waals surface area contributed by atoms with E-state index in [9.17, 15) is 14.4 Å². The van der Waals surface area contributed by atoms with Crippen LogP contribution in [0.15, 0.2) is 45.3 Å². The third kappa shape index (κ3) is 6.02. The van der Waals surface area contributed by atoms with Crippen molar-refractivity contribution >= 4 is 70.3 Å². The van der Waals surface area contributed by atoms with Crippen molar-refractivity contribution in [3.8, 4) is 5.69 Å². The zero-order chi connectivity index (χ0) is 19.1. The number of nitrogens with zero attached hydrogens (tertiary/aromatic N) is 2. The molecule has 2 aromatic rings. The molecule has 0 radical (unpaired) electrons. The Morgan fingerprint density at radius 2 is 1.84 bits per heavy atom. The van der Waals surface area contributed by atoms with Gasteiger partial charge in [0.2, 0.25) is 0 Å². The lowest BCUT2D eigenvalue weighted by molar-refractivity contribution is -0.132. The number of carbonyl (C=O) groups excluding carboxylic acids is 1. The number of aldehydes is 1. The lowest BCUT2D eigenvalue weighted by Crippen LogP contribution is -2.21. The van der Waals surface area contributed by atoms with Crippen LogP contribution in [-0.4, -0.2) is 27.1 Å². The first-order valence-corrected chi connectivity index (χ1v) is 8.01. The Labute approximate surface area is 166 Å². The number of benzene rings is 1. The highest BCUT2D eigenvalue weighted by Crippen LogP contribution is 2.17. The molecule has 0 aliphatic carbocycles. The fourth-order valence-corrected chi connectivity index (χ4v) is 1.92. The van der Waals surface area contributed by atoms with Gasteiger partial charge in [-0.15, -0.1) is 0 Å². The van der Waals surface area contributed by atoms with Crippen molar-refractivity contribution in [2.75, 3.05) is 0 Å². The van der Waals surface area contributed by atoms with E-state index in [2.05, 4.69) is 5.10 Å². The number of allylic oxidation sites excluding steroid dienone is 1. The molecule has 0 atom stereocenters. The highest BCUT2D eigenvalue weighted by atomic mass is 35.5. The molecule has 25 heavy (non-hydrogen) atoms. The predicted octanol–water partition coefficient (Wildman–Crippen LogP) is 4.15. The van der Waals surface area contributed by atoms with Crippen LogP contribution in [0.2, 0.25) is 15.1 Å². The van der Waals surface area contributed by atoms with Gasteiger partial charge >= 0.3 is 5.97 Å². The van der Waals surface area contributed by atoms with Crippen LogP contribution >= 0.6 is 58.0 Å². The SMILES string of the molecule is O=C/C(Cl)=C(/Cl)C(=O)O.O=c1c(Cl)c(Cl)cnn1-c1cccc(Cl)c1. The maximum atomic E-state index is 11.7. The zero-order valence-corrected chi connectivity index (χ0v) is 15.7. The van der Waals surface area contributed by atoms with Crippen LogP contribution in [0.5, 0.6) is 0 Å². The van der Waals surface area contributed by atoms with E-state index in [1.807, 2.05) is 0 Å². The van der Waals surface area contributed by atoms with Gasteiger partial charge in [0.25, 0.3) is 5.56 Å². The van der Waals surface area contributed by atoms with Crippen LogP contribution in [0, 0.1) is 0 Å². The quantitative estimate of drug-likeness (QED) is 0.567. The fraction of sp³-hybridized carbons (Fsp3) is 0. The lowest BCUT2D eigenvalue weighted by atomic mass is 10.3. The van der Waals surface area contributed by atoms with Gasteiger partial charge in [0.15, 0.2) is 6.29 Å². The highest BCUT2D eigenvalue weighted by Gasteiger charge is 2.09. The third-order valence-corrected chi connectivity index (χ3v) is 4.15. The second-order valence-electron chi connectivity index (χ2n) is 4.09. The van der Waals surface area contributed by atoms with Crippen molar-refractivity contribution in [1.29, 1.82) is 0 Å². The van der Waals surface area contributed by atoms with Gasteiger partial charge in [0.1, 0.15) is 15.1 Å². The summed E-state index contributed by atoms with van der Waals surface area (Å²) in [5, 5.41) is 11.4. The van der Waals surface area contributed by atoms with Gasteiger partial charge in [-0.1, -0.05) is 64.1 Å². The van der Waals surface area contributed by atoms with E-state index in [-0.39, 0.29) is 16.3 Å². The summed E-state index contributed by atoms with van der Waals surface area (Å²) in [5.41, 5.74) is 0.0625. The molecule has 0 saturated heterocycles. The molecule has 0 aliphatic rings. The second-order valence-corrected chi connectivity index (χ2v) is 6.10. The Kier molecular flexibility index (Phi) is 8.41. The average Bonchev–Trinajstić information content (AvgIpc) is 2.59. The minimum atomic E-state index is -1.41. The van der Waals surface area contributed by atoms with Crippen LogP contribution in [0.1, 0.15) is 0 Å². The maximum Gasteiger partial charge on any atom is 0.348 e. The average molecular weight is 444 g/mol. The van der Waals surface area contributed by atoms with Crippen molar-refractivity contribution < 1.29 is 14.7 Å². The smallest absolute Gasteiger partial charge is 0.348 e. The van der Waals surface area contributed by atoms with Gasteiger partial charge in [-0.3, -0.25) is 9.59 Å². The largest absolute Gasteiger partial charge is 0.477 e. The summed E-state index contributed by atoms with van der Waals surface area (Å²) >= 11 is 27.2. The zero-order valence-electron chi connectivity index (χ0n) is 11.9. The Balaban J connectivity index is 0.000000299. The number of hydrogen-bond acceptors (Lipinski definition) is 4. The van der Waals surface area contributed by atoms with E-state index < -0.39 is 21.6 Å². The number of carbonyl (C=O) groups is 2. The van der Waals surface area contributed by atoms with Gasteiger partial charge in [-0.05, 0) is 18.2 Å². The number of halogens is 5. The molecule has 1 aromatic carbocycles. The van der Waals surface area contributed by atoms with Crippen molar-refractivity contribution in [2.45, 2.75) is 0 Å². The molecule has 11 heteroatoms. The van der Waals surface area contributed by atoms with Crippen molar-refractivity contribution in [1.82, 2.24) is 9.78 Å². The molecular weight excluding hydrogens is 437 g/mol. The summed E-state index contributed by atoms with van der Waals surface area (Å²) in [5.74, 6) is -1.41. The molecule has 1 heterocycles. The minimum Gasteiger partial charge on any atom is -0.477 e. The summed E-state index contributed by atoms with van der Waals surface area (Å²) in [7, 11) is 0. The van der Waals surface area contributed by atoms with Crippen molar-refractivity contribution in [2.24, 2.45) is 0 Å². The van der Waals surface area contributed by atoms with Gasteiger partial charge in [0, 0.05) is 5.02 Å². The van der Waals surface area contributed by atoms with E-state index in [4.69, 9.17) is 63.1 Å². The normalized spacial score (nSPS) is 11.1. The number of hydrogen-bond donors (Lipinski definition) is 1. The maximum absolute atomic E-state index is 11.7. The summed E-state index contributed by atoms with van der Waals surface area (Å²) < 4.78 is 1.14. The molecule has 0 unspecified atom stereocenters. The molecule has 1 N–H and O–H groups in total. The second kappa shape index (κ2) is 9.79. The summed E-state index contributed by atoms with van der Waals surface area (Å²) in [4.78, 5) is 31.3. The van der Waals surface area contributed by atoms with Gasteiger partial charge < -0.3 is 5.11 Å². The van der Waals surface area contributed by atoms with E-state index in [0.717, 1.165) is 4.68 Å². The monoisotopic (exact) mass is 442 g/mol. The molecule has 0 spiro atoms. The molecule has 0 aliphatic heterocycles. The lowest BCUT2D eigenvalue weighted by Gasteiger charge is -2.05. The molecule has 6 nitrogen and oxygen atoms in total. The van der Waals surface area contributed by atoms with Crippen LogP contribution in [0.4, 0.5) is 0 Å². The van der Waals surface area contributed by atoms with E-state index in [1.165, 1.54) is 6.20 Å². The summed E-state index contributed by atoms with van der Waals surface area (Å²) in [6, 6.07) is 6.73. The number of carboxylic acids is 1. The highest BCUT2D eigenvalue weighted by molar-refractivity contribution is 6.51. The van der Waals surface area contributed by atoms with Crippen LogP contribution in [0.25, 0.3) is 5.69 Å². The Hall–Kier alpha value is -1.57. The van der Waals surface area contributed by atoms with E-state index >= 15 is 0 Å². The Morgan fingerprint density at radius 3 is 2.32 bits per heavy atom. The molecule has 0 fully saturated rings. The Bertz CT molecular complexity index is 895. The molecular formula is C14H7Cl5N2O4. The van der Waals surface area contributed by atoms with Crippen LogP contribution in [0.3, 0.4) is 0 Å². The number of aromatic nitrogens is 2. The van der Waals surface area contributed by atoms with E-state index in [0.29, 0.717) is 10.7 Å². The van der Waals surface area contributed by atoms with Crippen molar-refractivity contribution in [3.63, 3.8) is 0 Å². The first-order valence-electron chi connectivity index (χ1n) is 6.12. The Morgan fingerprint density at radius 1 is 1.20 bits per heavy atom. The molecule has 0 bridgehead atoms. The number of aliphatic carboxylic acids is 1. The fourth-order valence-electron chi connectivity index (χ4n) is 1.36. The number of rotatable bonds is 3. The summed E-state index contributed by atoms with van der Waals surface area (Å²) in [6.07, 6.45) is 1.48. The first kappa shape index (κ1) is 21.5.